The number of benzene rings is 1. The fraction of sp³-hybridized carbons (Fsp3) is 0.421. The molecule has 1 aliphatic rings. The molecule has 26 heavy (non-hydrogen) atoms. The van der Waals surface area contributed by atoms with Gasteiger partial charge in [-0.05, 0) is 13.0 Å². The molecule has 1 amide bonds. The molecule has 1 aromatic heterocycles. The summed E-state index contributed by atoms with van der Waals surface area (Å²) < 4.78 is 5.40. The van der Waals surface area contributed by atoms with Gasteiger partial charge >= 0.3 is 0 Å². The van der Waals surface area contributed by atoms with Crippen LogP contribution in [0.1, 0.15) is 12.7 Å². The van der Waals surface area contributed by atoms with Crippen LogP contribution in [0.5, 0.6) is 0 Å². The molecule has 1 N–H and O–H groups in total. The molecule has 1 saturated heterocycles. The molecule has 0 spiro atoms. The molecule has 7 heteroatoms. The fourth-order valence-electron chi connectivity index (χ4n) is 2.72. The van der Waals surface area contributed by atoms with Crippen LogP contribution in [-0.2, 0) is 16.1 Å². The first kappa shape index (κ1) is 18.6. The molecular formula is C19H22N4O2S. The highest BCUT2D eigenvalue weighted by Crippen LogP contribution is 2.29. The molecule has 1 fully saturated rings. The van der Waals surface area contributed by atoms with Gasteiger partial charge in [0.15, 0.2) is 0 Å². The summed E-state index contributed by atoms with van der Waals surface area (Å²) in [6.07, 6.45) is 5.21. The molecule has 136 valence electrons. The van der Waals surface area contributed by atoms with Crippen LogP contribution in [0.4, 0.5) is 0 Å². The third kappa shape index (κ3) is 4.73. The van der Waals surface area contributed by atoms with Crippen molar-refractivity contribution in [3.05, 3.63) is 30.1 Å². The second kappa shape index (κ2) is 8.99. The van der Waals surface area contributed by atoms with Gasteiger partial charge < -0.3 is 10.1 Å². The van der Waals surface area contributed by atoms with Crippen LogP contribution in [0.25, 0.3) is 10.9 Å². The van der Waals surface area contributed by atoms with Crippen LogP contribution in [0.2, 0.25) is 0 Å². The Morgan fingerprint density at radius 3 is 2.92 bits per heavy atom. The first-order chi connectivity index (χ1) is 12.7. The number of morpholine rings is 1. The summed E-state index contributed by atoms with van der Waals surface area (Å²) in [5, 5.41) is 4.21. The van der Waals surface area contributed by atoms with Crippen molar-refractivity contribution in [2.75, 3.05) is 32.8 Å². The number of hydrogen-bond donors (Lipinski definition) is 1. The van der Waals surface area contributed by atoms with Gasteiger partial charge in [0.1, 0.15) is 10.9 Å². The lowest BCUT2D eigenvalue weighted by atomic mass is 10.2. The van der Waals surface area contributed by atoms with Gasteiger partial charge in [-0.15, -0.1) is 6.42 Å². The Balaban J connectivity index is 1.82. The summed E-state index contributed by atoms with van der Waals surface area (Å²) in [7, 11) is 0. The first-order valence-corrected chi connectivity index (χ1v) is 9.49. The largest absolute Gasteiger partial charge is 0.379 e. The molecule has 1 aliphatic heterocycles. The van der Waals surface area contributed by atoms with Crippen LogP contribution in [0.15, 0.2) is 29.3 Å². The summed E-state index contributed by atoms with van der Waals surface area (Å²) in [6, 6.07) is 7.89. The number of carbonyl (C=O) groups excluding carboxylic acids is 1. The van der Waals surface area contributed by atoms with Crippen molar-refractivity contribution in [3.8, 4) is 12.3 Å². The topological polar surface area (TPSA) is 67.4 Å². The van der Waals surface area contributed by atoms with E-state index in [1.807, 2.05) is 31.2 Å². The number of aromatic nitrogens is 2. The average Bonchev–Trinajstić information content (AvgIpc) is 2.67. The Morgan fingerprint density at radius 2 is 2.15 bits per heavy atom. The third-order valence-corrected chi connectivity index (χ3v) is 5.21. The van der Waals surface area contributed by atoms with Crippen LogP contribution in [0, 0.1) is 12.3 Å². The molecule has 0 aliphatic carbocycles. The van der Waals surface area contributed by atoms with Crippen molar-refractivity contribution in [2.45, 2.75) is 23.7 Å². The average molecular weight is 370 g/mol. The summed E-state index contributed by atoms with van der Waals surface area (Å²) in [4.78, 5) is 23.9. The second-order valence-electron chi connectivity index (χ2n) is 6.03. The van der Waals surface area contributed by atoms with E-state index < -0.39 is 0 Å². The van der Waals surface area contributed by atoms with Crippen molar-refractivity contribution < 1.29 is 9.53 Å². The quantitative estimate of drug-likeness (QED) is 0.474. The Morgan fingerprint density at radius 1 is 1.38 bits per heavy atom. The number of terminal acetylenes is 1. The maximum atomic E-state index is 12.2. The SMILES string of the molecule is C#CCNC(=O)C(C)Sc1nc(CN2CCOCC2)nc2ccccc12. The fourth-order valence-corrected chi connectivity index (χ4v) is 3.70. The molecule has 6 nitrogen and oxygen atoms in total. The summed E-state index contributed by atoms with van der Waals surface area (Å²) in [5.41, 5.74) is 0.893. The lowest BCUT2D eigenvalue weighted by Crippen LogP contribution is -2.36. The maximum absolute atomic E-state index is 12.2. The smallest absolute Gasteiger partial charge is 0.234 e. The molecule has 1 aromatic carbocycles. The molecule has 0 bridgehead atoms. The van der Waals surface area contributed by atoms with Crippen LogP contribution >= 0.6 is 11.8 Å². The highest BCUT2D eigenvalue weighted by atomic mass is 32.2. The van der Waals surface area contributed by atoms with Crippen molar-refractivity contribution in [2.24, 2.45) is 0 Å². The van der Waals surface area contributed by atoms with Crippen LogP contribution in [0.3, 0.4) is 0 Å². The Hall–Kier alpha value is -2.14. The van der Waals surface area contributed by atoms with E-state index in [0.717, 1.165) is 48.1 Å². The number of carbonyl (C=O) groups is 1. The van der Waals surface area contributed by atoms with E-state index in [1.165, 1.54) is 11.8 Å². The Labute approximate surface area is 157 Å². The lowest BCUT2D eigenvalue weighted by Gasteiger charge is -2.26. The minimum absolute atomic E-state index is 0.0922. The number of nitrogens with zero attached hydrogens (tertiary/aromatic N) is 3. The van der Waals surface area contributed by atoms with Gasteiger partial charge in [-0.2, -0.15) is 0 Å². The number of nitrogens with one attached hydrogen (secondary N) is 1. The van der Waals surface area contributed by atoms with E-state index in [4.69, 9.17) is 21.1 Å². The number of thioether (sulfide) groups is 1. The zero-order chi connectivity index (χ0) is 18.4. The highest BCUT2D eigenvalue weighted by Gasteiger charge is 2.19. The third-order valence-electron chi connectivity index (χ3n) is 4.11. The summed E-state index contributed by atoms with van der Waals surface area (Å²) in [6.45, 7) is 6.00. The minimum Gasteiger partial charge on any atom is -0.379 e. The molecule has 0 saturated carbocycles. The maximum Gasteiger partial charge on any atom is 0.234 e. The van der Waals surface area contributed by atoms with Crippen molar-refractivity contribution >= 4 is 28.6 Å². The van der Waals surface area contributed by atoms with Gasteiger partial charge in [-0.25, -0.2) is 9.97 Å². The van der Waals surface area contributed by atoms with E-state index in [1.54, 1.807) is 0 Å². The predicted molar refractivity (Wildman–Crippen MR) is 103 cm³/mol. The van der Waals surface area contributed by atoms with Gasteiger partial charge in [0.05, 0.1) is 37.1 Å². The normalized spacial score (nSPS) is 16.2. The highest BCUT2D eigenvalue weighted by molar-refractivity contribution is 8.00. The zero-order valence-corrected chi connectivity index (χ0v) is 15.6. The molecule has 1 atom stereocenters. The molecule has 2 aromatic rings. The predicted octanol–water partition coefficient (Wildman–Crippen LogP) is 1.69. The number of amides is 1. The second-order valence-corrected chi connectivity index (χ2v) is 7.36. The molecule has 0 radical (unpaired) electrons. The van der Waals surface area contributed by atoms with E-state index >= 15 is 0 Å². The van der Waals surface area contributed by atoms with Crippen molar-refractivity contribution in [1.29, 1.82) is 0 Å². The van der Waals surface area contributed by atoms with E-state index in [9.17, 15) is 4.79 Å². The van der Waals surface area contributed by atoms with E-state index in [0.29, 0.717) is 6.54 Å². The van der Waals surface area contributed by atoms with Gasteiger partial charge in [-0.1, -0.05) is 35.9 Å². The Bertz CT molecular complexity index is 815. The van der Waals surface area contributed by atoms with E-state index in [2.05, 4.69) is 16.1 Å². The summed E-state index contributed by atoms with van der Waals surface area (Å²) in [5.74, 6) is 3.09. The van der Waals surface area contributed by atoms with Crippen molar-refractivity contribution in [1.82, 2.24) is 20.2 Å². The van der Waals surface area contributed by atoms with Crippen LogP contribution < -0.4 is 5.32 Å². The van der Waals surface area contributed by atoms with Gasteiger partial charge in [0.2, 0.25) is 5.91 Å². The van der Waals surface area contributed by atoms with Gasteiger partial charge in [0, 0.05) is 18.5 Å². The van der Waals surface area contributed by atoms with Gasteiger partial charge in [-0.3, -0.25) is 9.69 Å². The van der Waals surface area contributed by atoms with E-state index in [-0.39, 0.29) is 17.7 Å². The molecular weight excluding hydrogens is 348 g/mol. The van der Waals surface area contributed by atoms with Crippen LogP contribution in [-0.4, -0.2) is 58.9 Å². The van der Waals surface area contributed by atoms with Gasteiger partial charge in [0.25, 0.3) is 0 Å². The summed E-state index contributed by atoms with van der Waals surface area (Å²) >= 11 is 1.43. The minimum atomic E-state index is -0.294. The number of fused-ring (bicyclic) bond motifs is 1. The number of ether oxygens (including phenoxy) is 1. The Kier molecular flexibility index (Phi) is 6.45. The molecule has 1 unspecified atom stereocenters. The zero-order valence-electron chi connectivity index (χ0n) is 14.8. The van der Waals surface area contributed by atoms with Crippen molar-refractivity contribution in [3.63, 3.8) is 0 Å². The first-order valence-electron chi connectivity index (χ1n) is 8.61. The molecule has 3 rings (SSSR count). The monoisotopic (exact) mass is 370 g/mol. The lowest BCUT2D eigenvalue weighted by molar-refractivity contribution is -0.120. The number of rotatable bonds is 6. The standard InChI is InChI=1S/C19H22N4O2S/c1-3-8-20-18(24)14(2)26-19-15-6-4-5-7-16(15)21-17(22-19)13-23-9-11-25-12-10-23/h1,4-7,14H,8-13H2,2H3,(H,20,24). The number of hydrogen-bond acceptors (Lipinski definition) is 6. The number of para-hydroxylation sites is 1. The molecule has 2 heterocycles.